The zero-order valence-corrected chi connectivity index (χ0v) is 16.9. The van der Waals surface area contributed by atoms with Gasteiger partial charge in [-0.15, -0.1) is 0 Å². The van der Waals surface area contributed by atoms with Crippen molar-refractivity contribution >= 4 is 28.4 Å². The highest BCUT2D eigenvalue weighted by Gasteiger charge is 2.20. The largest absolute Gasteiger partial charge is 0.497 e. The molecule has 1 aromatic heterocycles. The molecule has 0 saturated heterocycles. The van der Waals surface area contributed by atoms with E-state index in [9.17, 15) is 9.59 Å². The molecule has 146 valence electrons. The van der Waals surface area contributed by atoms with E-state index < -0.39 is 5.25 Å². The van der Waals surface area contributed by atoms with Gasteiger partial charge in [-0.1, -0.05) is 23.9 Å². The normalized spacial score (nSPS) is 12.1. The summed E-state index contributed by atoms with van der Waals surface area (Å²) >= 11 is 1.28. The van der Waals surface area contributed by atoms with Crippen molar-refractivity contribution in [1.82, 2.24) is 9.55 Å². The lowest BCUT2D eigenvalue weighted by Crippen LogP contribution is -2.26. The van der Waals surface area contributed by atoms with Gasteiger partial charge in [0.05, 0.1) is 36.4 Å². The lowest BCUT2D eigenvalue weighted by molar-refractivity contribution is 0.0993. The van der Waals surface area contributed by atoms with Crippen LogP contribution in [0.25, 0.3) is 10.9 Å². The molecule has 2 aromatic carbocycles. The van der Waals surface area contributed by atoms with Gasteiger partial charge in [0.15, 0.2) is 10.9 Å². The maximum Gasteiger partial charge on any atom is 0.262 e. The first-order valence-electron chi connectivity index (χ1n) is 8.88. The number of hydrogen-bond acceptors (Lipinski definition) is 6. The van der Waals surface area contributed by atoms with Gasteiger partial charge in [-0.05, 0) is 43.3 Å². The maximum atomic E-state index is 12.9. The molecule has 0 aliphatic rings. The average Bonchev–Trinajstić information content (AvgIpc) is 2.73. The summed E-state index contributed by atoms with van der Waals surface area (Å²) in [5.74, 6) is 0.662. The summed E-state index contributed by atoms with van der Waals surface area (Å²) in [7, 11) is 3.17. The summed E-state index contributed by atoms with van der Waals surface area (Å²) in [6.45, 7) is 2.58. The van der Waals surface area contributed by atoms with Crippen LogP contribution < -0.4 is 10.3 Å². The number of ketones is 1. The van der Waals surface area contributed by atoms with Crippen LogP contribution in [0, 0.1) is 0 Å². The second-order valence-electron chi connectivity index (χ2n) is 6.21. The van der Waals surface area contributed by atoms with Gasteiger partial charge in [-0.25, -0.2) is 4.98 Å². The van der Waals surface area contributed by atoms with E-state index in [4.69, 9.17) is 9.47 Å². The lowest BCUT2D eigenvalue weighted by Gasteiger charge is -2.16. The van der Waals surface area contributed by atoms with Gasteiger partial charge >= 0.3 is 0 Å². The molecule has 1 atom stereocenters. The number of Topliss-reactive ketones (excluding diaryl/α,β-unsaturated/α-hetero) is 1. The maximum absolute atomic E-state index is 12.9. The molecule has 0 fully saturated rings. The number of aromatic nitrogens is 2. The van der Waals surface area contributed by atoms with Gasteiger partial charge in [-0.2, -0.15) is 0 Å². The van der Waals surface area contributed by atoms with Gasteiger partial charge in [-0.3, -0.25) is 14.2 Å². The average molecular weight is 398 g/mol. The minimum Gasteiger partial charge on any atom is -0.497 e. The Bertz CT molecular complexity index is 1030. The third-order valence-corrected chi connectivity index (χ3v) is 5.46. The second-order valence-corrected chi connectivity index (χ2v) is 7.52. The first kappa shape index (κ1) is 20.1. The highest BCUT2D eigenvalue weighted by molar-refractivity contribution is 8.00. The molecule has 0 aliphatic carbocycles. The van der Waals surface area contributed by atoms with Gasteiger partial charge in [0.1, 0.15) is 5.75 Å². The number of thioether (sulfide) groups is 1. The zero-order valence-electron chi connectivity index (χ0n) is 16.0. The zero-order chi connectivity index (χ0) is 20.1. The molecule has 0 aliphatic heterocycles. The Hall–Kier alpha value is -2.64. The number of ether oxygens (including phenoxy) is 2. The summed E-state index contributed by atoms with van der Waals surface area (Å²) in [5.41, 5.74) is 1.08. The Morgan fingerprint density at radius 3 is 2.54 bits per heavy atom. The number of nitrogens with zero attached hydrogens (tertiary/aromatic N) is 2. The van der Waals surface area contributed by atoms with Crippen LogP contribution in [0.1, 0.15) is 17.3 Å². The standard InChI is InChI=1S/C21H22N2O4S/c1-14(19(24)15-8-10-16(27-3)11-9-15)28-21-22-18-7-5-4-6-17(18)20(25)23(21)12-13-26-2/h4-11,14H,12-13H2,1-3H3/t14-/m1/s1. The van der Waals surface area contributed by atoms with Crippen molar-refractivity contribution in [2.75, 3.05) is 20.8 Å². The molecular weight excluding hydrogens is 376 g/mol. The van der Waals surface area contributed by atoms with Crippen molar-refractivity contribution in [1.29, 1.82) is 0 Å². The van der Waals surface area contributed by atoms with Crippen LogP contribution >= 0.6 is 11.8 Å². The number of carbonyl (C=O) groups is 1. The molecule has 3 aromatic rings. The van der Waals surface area contributed by atoms with Crippen LogP contribution in [0.2, 0.25) is 0 Å². The number of carbonyl (C=O) groups excluding carboxylic acids is 1. The predicted molar refractivity (Wildman–Crippen MR) is 111 cm³/mol. The predicted octanol–water partition coefficient (Wildman–Crippen LogP) is 3.42. The van der Waals surface area contributed by atoms with E-state index in [1.165, 1.54) is 11.8 Å². The molecule has 0 unspecified atom stereocenters. The highest BCUT2D eigenvalue weighted by Crippen LogP contribution is 2.25. The van der Waals surface area contributed by atoms with E-state index in [1.54, 1.807) is 55.2 Å². The Morgan fingerprint density at radius 1 is 1.14 bits per heavy atom. The molecular formula is C21H22N2O4S. The van der Waals surface area contributed by atoms with E-state index in [1.807, 2.05) is 19.1 Å². The van der Waals surface area contributed by atoms with E-state index >= 15 is 0 Å². The molecule has 0 amide bonds. The van der Waals surface area contributed by atoms with Gasteiger partial charge < -0.3 is 9.47 Å². The van der Waals surface area contributed by atoms with Crippen LogP contribution in [-0.2, 0) is 11.3 Å². The van der Waals surface area contributed by atoms with Gasteiger partial charge in [0.25, 0.3) is 5.56 Å². The van der Waals surface area contributed by atoms with E-state index in [2.05, 4.69) is 4.98 Å². The summed E-state index contributed by atoms with van der Waals surface area (Å²) in [6, 6.07) is 14.2. The Morgan fingerprint density at radius 2 is 1.86 bits per heavy atom. The topological polar surface area (TPSA) is 70.4 Å². The summed E-state index contributed by atoms with van der Waals surface area (Å²) < 4.78 is 11.8. The van der Waals surface area contributed by atoms with Crippen LogP contribution in [0.5, 0.6) is 5.75 Å². The van der Waals surface area contributed by atoms with Crippen molar-refractivity contribution in [3.05, 3.63) is 64.4 Å². The fraction of sp³-hybridized carbons (Fsp3) is 0.286. The van der Waals surface area contributed by atoms with Crippen LogP contribution in [0.3, 0.4) is 0 Å². The first-order valence-corrected chi connectivity index (χ1v) is 9.76. The molecule has 0 N–H and O–H groups in total. The van der Waals surface area contributed by atoms with Gasteiger partial charge in [0, 0.05) is 12.7 Å². The molecule has 7 heteroatoms. The Kier molecular flexibility index (Phi) is 6.49. The van der Waals surface area contributed by atoms with Crippen LogP contribution in [0.15, 0.2) is 58.5 Å². The number of methoxy groups -OCH3 is 2. The SMILES string of the molecule is COCCn1c(S[C@H](C)C(=O)c2ccc(OC)cc2)nc2ccccc2c1=O. The van der Waals surface area contributed by atoms with Crippen molar-refractivity contribution in [3.63, 3.8) is 0 Å². The van der Waals surface area contributed by atoms with Crippen molar-refractivity contribution < 1.29 is 14.3 Å². The minimum absolute atomic E-state index is 0.0339. The summed E-state index contributed by atoms with van der Waals surface area (Å²) in [6.07, 6.45) is 0. The van der Waals surface area contributed by atoms with E-state index in [0.29, 0.717) is 40.5 Å². The lowest BCUT2D eigenvalue weighted by atomic mass is 10.1. The number of fused-ring (bicyclic) bond motifs is 1. The van der Waals surface area contributed by atoms with Crippen molar-refractivity contribution in [2.24, 2.45) is 0 Å². The first-order chi connectivity index (χ1) is 13.5. The number of rotatable bonds is 8. The molecule has 1 heterocycles. The smallest absolute Gasteiger partial charge is 0.262 e. The fourth-order valence-electron chi connectivity index (χ4n) is 2.82. The molecule has 3 rings (SSSR count). The van der Waals surface area contributed by atoms with Crippen LogP contribution in [-0.4, -0.2) is 41.4 Å². The third kappa shape index (κ3) is 4.26. The van der Waals surface area contributed by atoms with E-state index in [0.717, 1.165) is 0 Å². The highest BCUT2D eigenvalue weighted by atomic mass is 32.2. The summed E-state index contributed by atoms with van der Waals surface area (Å²) in [5, 5.41) is 0.655. The van der Waals surface area contributed by atoms with Gasteiger partial charge in [0.2, 0.25) is 0 Å². The van der Waals surface area contributed by atoms with Crippen molar-refractivity contribution in [3.8, 4) is 5.75 Å². The Labute approximate surface area is 167 Å². The number of para-hydroxylation sites is 1. The Balaban J connectivity index is 1.92. The molecule has 0 radical (unpaired) electrons. The van der Waals surface area contributed by atoms with Crippen LogP contribution in [0.4, 0.5) is 0 Å². The molecule has 6 nitrogen and oxygen atoms in total. The molecule has 28 heavy (non-hydrogen) atoms. The second kappa shape index (κ2) is 9.03. The summed E-state index contributed by atoms with van der Waals surface area (Å²) in [4.78, 5) is 30.4. The minimum atomic E-state index is -0.407. The fourth-order valence-corrected chi connectivity index (χ4v) is 3.83. The monoisotopic (exact) mass is 398 g/mol. The third-order valence-electron chi connectivity index (χ3n) is 4.37. The number of benzene rings is 2. The molecule has 0 spiro atoms. The molecule has 0 bridgehead atoms. The number of hydrogen-bond donors (Lipinski definition) is 0. The molecule has 0 saturated carbocycles. The van der Waals surface area contributed by atoms with Crippen molar-refractivity contribution in [2.45, 2.75) is 23.9 Å². The van der Waals surface area contributed by atoms with E-state index in [-0.39, 0.29) is 11.3 Å². The quantitative estimate of drug-likeness (QED) is 0.329.